The molecule has 1 atom stereocenters. The summed E-state index contributed by atoms with van der Waals surface area (Å²) in [5.41, 5.74) is 1.02. The first-order chi connectivity index (χ1) is 16.4. The number of piperidine rings is 1. The molecule has 7 nitrogen and oxygen atoms in total. The van der Waals surface area contributed by atoms with Crippen LogP contribution in [-0.2, 0) is 11.3 Å². The molecular weight excluding hydrogens is 435 g/mol. The van der Waals surface area contributed by atoms with Gasteiger partial charge < -0.3 is 15.0 Å². The van der Waals surface area contributed by atoms with Gasteiger partial charge in [0.15, 0.2) is 0 Å². The molecule has 1 aliphatic heterocycles. The van der Waals surface area contributed by atoms with E-state index < -0.39 is 5.82 Å². The number of aromatic nitrogens is 2. The summed E-state index contributed by atoms with van der Waals surface area (Å²) < 4.78 is 20.5. The summed E-state index contributed by atoms with van der Waals surface area (Å²) in [4.78, 5) is 27.2. The van der Waals surface area contributed by atoms with Gasteiger partial charge in [0.05, 0.1) is 17.7 Å². The fourth-order valence-corrected chi connectivity index (χ4v) is 4.05. The van der Waals surface area contributed by atoms with Crippen LogP contribution in [0.3, 0.4) is 0 Å². The summed E-state index contributed by atoms with van der Waals surface area (Å²) in [5.74, 6) is 0.759. The van der Waals surface area contributed by atoms with E-state index in [4.69, 9.17) is 4.74 Å². The molecule has 0 spiro atoms. The Kier molecular flexibility index (Phi) is 7.25. The number of anilines is 1. The molecule has 1 unspecified atom stereocenters. The maximum absolute atomic E-state index is 13.6. The Morgan fingerprint density at radius 1 is 1.18 bits per heavy atom. The molecule has 2 aromatic carbocycles. The van der Waals surface area contributed by atoms with E-state index in [-0.39, 0.29) is 23.5 Å². The van der Waals surface area contributed by atoms with Crippen molar-refractivity contribution in [2.45, 2.75) is 39.3 Å². The zero-order valence-corrected chi connectivity index (χ0v) is 19.4. The molecule has 8 heteroatoms. The number of rotatable bonds is 7. The summed E-state index contributed by atoms with van der Waals surface area (Å²) >= 11 is 0. The van der Waals surface area contributed by atoms with Gasteiger partial charge in [-0.1, -0.05) is 18.2 Å². The number of carbonyl (C=O) groups excluding carboxylic acids is 1. The maximum atomic E-state index is 13.6. The predicted molar refractivity (Wildman–Crippen MR) is 129 cm³/mol. The Hall–Kier alpha value is -3.68. The first-order valence-corrected chi connectivity index (χ1v) is 11.5. The zero-order chi connectivity index (χ0) is 24.1. The van der Waals surface area contributed by atoms with Crippen LogP contribution in [-0.4, -0.2) is 34.9 Å². The molecule has 178 valence electrons. The molecule has 1 aromatic heterocycles. The molecule has 1 aliphatic rings. The van der Waals surface area contributed by atoms with Gasteiger partial charge in [-0.3, -0.25) is 9.59 Å². The Balaban J connectivity index is 1.40. The lowest BCUT2D eigenvalue weighted by Crippen LogP contribution is -2.43. The zero-order valence-electron chi connectivity index (χ0n) is 19.4. The third-order valence-corrected chi connectivity index (χ3v) is 5.72. The second-order valence-electron chi connectivity index (χ2n) is 8.73. The fourth-order valence-electron chi connectivity index (χ4n) is 4.05. The topological polar surface area (TPSA) is 76.5 Å². The van der Waals surface area contributed by atoms with Gasteiger partial charge in [0.1, 0.15) is 17.4 Å². The Morgan fingerprint density at radius 2 is 1.97 bits per heavy atom. The molecule has 34 heavy (non-hydrogen) atoms. The normalized spacial score (nSPS) is 15.9. The standard InChI is InChI=1S/C26H29FN4O3/c1-18(2)34-23-10-8-19(9-11-23)16-28-26(33)20-5-4-14-30(17-20)24-12-13-25(32)31(29-24)22-7-3-6-21(27)15-22/h3,6-13,15,18,20H,4-5,14,16-17H2,1-2H3,(H,28,33). The van der Waals surface area contributed by atoms with Crippen molar-refractivity contribution in [2.24, 2.45) is 5.92 Å². The van der Waals surface area contributed by atoms with Crippen molar-refractivity contribution in [1.29, 1.82) is 0 Å². The largest absolute Gasteiger partial charge is 0.491 e. The van der Waals surface area contributed by atoms with E-state index in [0.29, 0.717) is 24.6 Å². The highest BCUT2D eigenvalue weighted by molar-refractivity contribution is 5.79. The predicted octanol–water partition coefficient (Wildman–Crippen LogP) is 3.69. The first-order valence-electron chi connectivity index (χ1n) is 11.5. The van der Waals surface area contributed by atoms with Crippen molar-refractivity contribution >= 4 is 11.7 Å². The third kappa shape index (κ3) is 5.81. The number of benzene rings is 2. The van der Waals surface area contributed by atoms with Crippen LogP contribution < -0.4 is 20.5 Å². The minimum atomic E-state index is -0.437. The van der Waals surface area contributed by atoms with Crippen LogP contribution in [0.25, 0.3) is 5.69 Å². The summed E-state index contributed by atoms with van der Waals surface area (Å²) in [6.07, 6.45) is 1.73. The van der Waals surface area contributed by atoms with Gasteiger partial charge in [0.2, 0.25) is 5.91 Å². The summed E-state index contributed by atoms with van der Waals surface area (Å²) in [6, 6.07) is 16.5. The second kappa shape index (κ2) is 10.5. The highest BCUT2D eigenvalue weighted by atomic mass is 19.1. The molecular formula is C26H29FN4O3. The lowest BCUT2D eigenvalue weighted by Gasteiger charge is -2.33. The molecule has 1 fully saturated rings. The van der Waals surface area contributed by atoms with Gasteiger partial charge in [-0.05, 0) is 68.7 Å². The Labute approximate surface area is 198 Å². The van der Waals surface area contributed by atoms with E-state index in [1.807, 2.05) is 43.0 Å². The number of hydrogen-bond donors (Lipinski definition) is 1. The van der Waals surface area contributed by atoms with Crippen LogP contribution in [0.15, 0.2) is 65.5 Å². The number of amides is 1. The molecule has 2 heterocycles. The van der Waals surface area contributed by atoms with Crippen LogP contribution in [0.1, 0.15) is 32.3 Å². The summed E-state index contributed by atoms with van der Waals surface area (Å²) in [5, 5.41) is 7.47. The van der Waals surface area contributed by atoms with Crippen molar-refractivity contribution in [2.75, 3.05) is 18.0 Å². The van der Waals surface area contributed by atoms with Gasteiger partial charge in [-0.15, -0.1) is 5.10 Å². The SMILES string of the molecule is CC(C)Oc1ccc(CNC(=O)C2CCCN(c3ccc(=O)n(-c4cccc(F)c4)n3)C2)cc1. The second-order valence-corrected chi connectivity index (χ2v) is 8.73. The van der Waals surface area contributed by atoms with Crippen molar-refractivity contribution in [3.63, 3.8) is 0 Å². The van der Waals surface area contributed by atoms with Crippen molar-refractivity contribution < 1.29 is 13.9 Å². The van der Waals surface area contributed by atoms with Crippen molar-refractivity contribution in [1.82, 2.24) is 15.1 Å². The van der Waals surface area contributed by atoms with Crippen LogP contribution in [0.5, 0.6) is 5.75 Å². The molecule has 0 saturated carbocycles. The molecule has 4 rings (SSSR count). The lowest BCUT2D eigenvalue weighted by molar-refractivity contribution is -0.125. The van der Waals surface area contributed by atoms with Gasteiger partial charge in [-0.25, -0.2) is 4.39 Å². The monoisotopic (exact) mass is 464 g/mol. The molecule has 0 bridgehead atoms. The van der Waals surface area contributed by atoms with Crippen LogP contribution in [0, 0.1) is 11.7 Å². The average Bonchev–Trinajstić information content (AvgIpc) is 2.83. The van der Waals surface area contributed by atoms with Gasteiger partial charge in [0, 0.05) is 25.7 Å². The van der Waals surface area contributed by atoms with Gasteiger partial charge >= 0.3 is 0 Å². The minimum Gasteiger partial charge on any atom is -0.491 e. The van der Waals surface area contributed by atoms with E-state index >= 15 is 0 Å². The van der Waals surface area contributed by atoms with Gasteiger partial charge in [-0.2, -0.15) is 4.68 Å². The number of ether oxygens (including phenoxy) is 1. The van der Waals surface area contributed by atoms with Crippen LogP contribution in [0.4, 0.5) is 10.2 Å². The third-order valence-electron chi connectivity index (χ3n) is 5.72. The molecule has 1 saturated heterocycles. The Morgan fingerprint density at radius 3 is 2.71 bits per heavy atom. The van der Waals surface area contributed by atoms with E-state index in [1.165, 1.54) is 28.9 Å². The molecule has 3 aromatic rings. The summed E-state index contributed by atoms with van der Waals surface area (Å²) in [6.45, 7) is 5.64. The molecule has 0 aliphatic carbocycles. The van der Waals surface area contributed by atoms with E-state index in [1.54, 1.807) is 12.1 Å². The maximum Gasteiger partial charge on any atom is 0.271 e. The van der Waals surface area contributed by atoms with E-state index in [0.717, 1.165) is 30.7 Å². The quantitative estimate of drug-likeness (QED) is 0.577. The van der Waals surface area contributed by atoms with E-state index in [2.05, 4.69) is 10.4 Å². The van der Waals surface area contributed by atoms with Crippen molar-refractivity contribution in [3.8, 4) is 11.4 Å². The molecule has 0 radical (unpaired) electrons. The number of nitrogens with zero attached hydrogens (tertiary/aromatic N) is 3. The Bertz CT molecular complexity index is 1190. The first kappa shape index (κ1) is 23.5. The number of carbonyl (C=O) groups is 1. The highest BCUT2D eigenvalue weighted by Gasteiger charge is 2.27. The molecule has 1 amide bonds. The van der Waals surface area contributed by atoms with Gasteiger partial charge in [0.25, 0.3) is 5.56 Å². The van der Waals surface area contributed by atoms with Crippen LogP contribution in [0.2, 0.25) is 0 Å². The van der Waals surface area contributed by atoms with E-state index in [9.17, 15) is 14.0 Å². The smallest absolute Gasteiger partial charge is 0.271 e. The number of nitrogens with one attached hydrogen (secondary N) is 1. The highest BCUT2D eigenvalue weighted by Crippen LogP contribution is 2.22. The lowest BCUT2D eigenvalue weighted by atomic mass is 9.97. The van der Waals surface area contributed by atoms with Crippen LogP contribution >= 0.6 is 0 Å². The number of halogens is 1. The fraction of sp³-hybridized carbons (Fsp3) is 0.346. The molecule has 1 N–H and O–H groups in total. The minimum absolute atomic E-state index is 0.00865. The average molecular weight is 465 g/mol. The number of hydrogen-bond acceptors (Lipinski definition) is 5. The van der Waals surface area contributed by atoms with Crippen molar-refractivity contribution in [3.05, 3.63) is 82.4 Å². The summed E-state index contributed by atoms with van der Waals surface area (Å²) in [7, 11) is 0.